The van der Waals surface area contributed by atoms with Gasteiger partial charge in [0.2, 0.25) is 0 Å². The maximum atomic E-state index is 6.08. The summed E-state index contributed by atoms with van der Waals surface area (Å²) in [4.78, 5) is 10.8. The van der Waals surface area contributed by atoms with Crippen LogP contribution in [0, 0.1) is 6.92 Å². The Morgan fingerprint density at radius 3 is 2.56 bits per heavy atom. The molecular formula is C11H19N5. The average Bonchev–Trinajstić information content (AvgIpc) is 2.22. The Kier molecular flexibility index (Phi) is 2.71. The van der Waals surface area contributed by atoms with Crippen molar-refractivity contribution in [3.8, 4) is 0 Å². The van der Waals surface area contributed by atoms with Crippen molar-refractivity contribution in [2.45, 2.75) is 32.2 Å². The van der Waals surface area contributed by atoms with Gasteiger partial charge in [0, 0.05) is 18.6 Å². The van der Waals surface area contributed by atoms with E-state index in [-0.39, 0.29) is 5.54 Å². The number of rotatable bonds is 1. The van der Waals surface area contributed by atoms with Crippen LogP contribution in [0.15, 0.2) is 6.20 Å². The van der Waals surface area contributed by atoms with Crippen LogP contribution in [0.5, 0.6) is 0 Å². The number of hydrogen-bond acceptors (Lipinski definition) is 5. The van der Waals surface area contributed by atoms with Crippen molar-refractivity contribution in [1.29, 1.82) is 0 Å². The Morgan fingerprint density at radius 1 is 1.38 bits per heavy atom. The van der Waals surface area contributed by atoms with Gasteiger partial charge in [-0.15, -0.1) is 0 Å². The van der Waals surface area contributed by atoms with E-state index in [1.807, 2.05) is 6.92 Å². The first-order valence-corrected chi connectivity index (χ1v) is 5.61. The van der Waals surface area contributed by atoms with Crippen LogP contribution in [0.2, 0.25) is 0 Å². The molecule has 2 heterocycles. The highest BCUT2D eigenvalue weighted by Crippen LogP contribution is 2.23. The molecule has 0 aromatic carbocycles. The molecule has 0 atom stereocenters. The molecule has 2 rings (SSSR count). The smallest absolute Gasteiger partial charge is 0.149 e. The summed E-state index contributed by atoms with van der Waals surface area (Å²) in [5.41, 5.74) is 12.6. The minimum absolute atomic E-state index is 0.0415. The summed E-state index contributed by atoms with van der Waals surface area (Å²) in [5.74, 6) is 1.37. The van der Waals surface area contributed by atoms with Crippen LogP contribution >= 0.6 is 0 Å². The van der Waals surface area contributed by atoms with E-state index >= 15 is 0 Å². The number of nitrogens with zero attached hydrogens (tertiary/aromatic N) is 3. The Bertz CT molecular complexity index is 378. The third kappa shape index (κ3) is 2.24. The standard InChI is InChI=1S/C11H19N5/c1-8-10(12)15-9(7-14-8)16-5-3-11(2,13)4-6-16/h7H,3-6,13H2,1-2H3,(H2,12,15). The van der Waals surface area contributed by atoms with Gasteiger partial charge in [0.25, 0.3) is 0 Å². The molecule has 5 nitrogen and oxygen atoms in total. The Morgan fingerprint density at radius 2 is 2.00 bits per heavy atom. The fourth-order valence-electron chi connectivity index (χ4n) is 1.85. The highest BCUT2D eigenvalue weighted by atomic mass is 15.2. The normalized spacial score (nSPS) is 19.8. The minimum Gasteiger partial charge on any atom is -0.382 e. The van der Waals surface area contributed by atoms with E-state index in [4.69, 9.17) is 11.5 Å². The summed E-state index contributed by atoms with van der Waals surface area (Å²) in [6.45, 7) is 5.80. The number of anilines is 2. The lowest BCUT2D eigenvalue weighted by molar-refractivity contribution is 0.363. The third-order valence-corrected chi connectivity index (χ3v) is 3.21. The summed E-state index contributed by atoms with van der Waals surface area (Å²) in [6.07, 6.45) is 3.73. The molecule has 5 heteroatoms. The second kappa shape index (κ2) is 3.90. The van der Waals surface area contributed by atoms with Gasteiger partial charge in [-0.3, -0.25) is 4.98 Å². The number of hydrogen-bond donors (Lipinski definition) is 2. The first-order valence-electron chi connectivity index (χ1n) is 5.61. The van der Waals surface area contributed by atoms with Crippen LogP contribution < -0.4 is 16.4 Å². The van der Waals surface area contributed by atoms with E-state index in [2.05, 4.69) is 21.8 Å². The van der Waals surface area contributed by atoms with Crippen molar-refractivity contribution >= 4 is 11.6 Å². The van der Waals surface area contributed by atoms with Crippen LogP contribution in [0.1, 0.15) is 25.5 Å². The molecule has 0 bridgehead atoms. The molecule has 1 aromatic heterocycles. The zero-order chi connectivity index (χ0) is 11.8. The van der Waals surface area contributed by atoms with Gasteiger partial charge in [-0.05, 0) is 26.7 Å². The number of aromatic nitrogens is 2. The number of nitrogens with two attached hydrogens (primary N) is 2. The van der Waals surface area contributed by atoms with Crippen molar-refractivity contribution in [2.75, 3.05) is 23.7 Å². The van der Waals surface area contributed by atoms with Gasteiger partial charge in [-0.1, -0.05) is 0 Å². The predicted octanol–water partition coefficient (Wildman–Crippen LogP) is 0.685. The molecule has 88 valence electrons. The predicted molar refractivity (Wildman–Crippen MR) is 65.2 cm³/mol. The number of piperidine rings is 1. The summed E-state index contributed by atoms with van der Waals surface area (Å²) < 4.78 is 0. The van der Waals surface area contributed by atoms with Crippen LogP contribution in [0.25, 0.3) is 0 Å². The third-order valence-electron chi connectivity index (χ3n) is 3.21. The molecule has 0 saturated carbocycles. The van der Waals surface area contributed by atoms with Crippen molar-refractivity contribution < 1.29 is 0 Å². The fourth-order valence-corrected chi connectivity index (χ4v) is 1.85. The average molecular weight is 221 g/mol. The lowest BCUT2D eigenvalue weighted by Crippen LogP contribution is -2.48. The van der Waals surface area contributed by atoms with Gasteiger partial charge in [0.1, 0.15) is 11.6 Å². The van der Waals surface area contributed by atoms with Crippen LogP contribution in [-0.4, -0.2) is 28.6 Å². The van der Waals surface area contributed by atoms with Crippen molar-refractivity contribution in [3.05, 3.63) is 11.9 Å². The van der Waals surface area contributed by atoms with E-state index < -0.39 is 0 Å². The molecule has 16 heavy (non-hydrogen) atoms. The first-order chi connectivity index (χ1) is 7.48. The van der Waals surface area contributed by atoms with Crippen LogP contribution in [0.4, 0.5) is 11.6 Å². The maximum absolute atomic E-state index is 6.08. The largest absolute Gasteiger partial charge is 0.382 e. The van der Waals surface area contributed by atoms with Crippen molar-refractivity contribution in [2.24, 2.45) is 5.73 Å². The number of nitrogen functional groups attached to an aromatic ring is 1. The van der Waals surface area contributed by atoms with Crippen molar-refractivity contribution in [1.82, 2.24) is 9.97 Å². The lowest BCUT2D eigenvalue weighted by Gasteiger charge is -2.37. The molecule has 1 fully saturated rings. The first kappa shape index (κ1) is 11.1. The highest BCUT2D eigenvalue weighted by Gasteiger charge is 2.26. The van der Waals surface area contributed by atoms with Gasteiger partial charge < -0.3 is 16.4 Å². The lowest BCUT2D eigenvalue weighted by atomic mass is 9.91. The molecule has 0 aliphatic carbocycles. The van der Waals surface area contributed by atoms with E-state index in [1.165, 1.54) is 0 Å². The zero-order valence-electron chi connectivity index (χ0n) is 9.90. The molecule has 0 amide bonds. The summed E-state index contributed by atoms with van der Waals surface area (Å²) in [7, 11) is 0. The summed E-state index contributed by atoms with van der Waals surface area (Å²) in [5, 5.41) is 0. The SMILES string of the molecule is Cc1ncc(N2CCC(C)(N)CC2)nc1N. The topological polar surface area (TPSA) is 81.1 Å². The Balaban J connectivity index is 2.11. The van der Waals surface area contributed by atoms with E-state index in [0.717, 1.165) is 37.4 Å². The maximum Gasteiger partial charge on any atom is 0.149 e. The van der Waals surface area contributed by atoms with Gasteiger partial charge in [0.05, 0.1) is 11.9 Å². The monoisotopic (exact) mass is 221 g/mol. The van der Waals surface area contributed by atoms with E-state index in [1.54, 1.807) is 6.20 Å². The highest BCUT2D eigenvalue weighted by molar-refractivity contribution is 5.45. The molecule has 4 N–H and O–H groups in total. The van der Waals surface area contributed by atoms with Gasteiger partial charge in [-0.2, -0.15) is 0 Å². The summed E-state index contributed by atoms with van der Waals surface area (Å²) in [6, 6.07) is 0. The molecular weight excluding hydrogens is 202 g/mol. The molecule has 1 aliphatic heterocycles. The number of aryl methyl sites for hydroxylation is 1. The van der Waals surface area contributed by atoms with Crippen molar-refractivity contribution in [3.63, 3.8) is 0 Å². The molecule has 0 unspecified atom stereocenters. The molecule has 1 aromatic rings. The second-order valence-corrected chi connectivity index (χ2v) is 4.84. The zero-order valence-corrected chi connectivity index (χ0v) is 9.90. The fraction of sp³-hybridized carbons (Fsp3) is 0.636. The van der Waals surface area contributed by atoms with E-state index in [0.29, 0.717) is 5.82 Å². The molecule has 0 spiro atoms. The molecule has 1 aliphatic rings. The molecule has 0 radical (unpaired) electrons. The minimum atomic E-state index is -0.0415. The van der Waals surface area contributed by atoms with Gasteiger partial charge in [-0.25, -0.2) is 4.98 Å². The Hall–Kier alpha value is -1.36. The van der Waals surface area contributed by atoms with Gasteiger partial charge in [0.15, 0.2) is 0 Å². The summed E-state index contributed by atoms with van der Waals surface area (Å²) >= 11 is 0. The van der Waals surface area contributed by atoms with Crippen LogP contribution in [-0.2, 0) is 0 Å². The second-order valence-electron chi connectivity index (χ2n) is 4.84. The quantitative estimate of drug-likeness (QED) is 0.729. The van der Waals surface area contributed by atoms with E-state index in [9.17, 15) is 0 Å². The van der Waals surface area contributed by atoms with Gasteiger partial charge >= 0.3 is 0 Å². The Labute approximate surface area is 95.9 Å². The van der Waals surface area contributed by atoms with Crippen LogP contribution in [0.3, 0.4) is 0 Å². The molecule has 1 saturated heterocycles.